The average molecular weight is 485 g/mol. The summed E-state index contributed by atoms with van der Waals surface area (Å²) in [6.07, 6.45) is 1.69. The van der Waals surface area contributed by atoms with Gasteiger partial charge in [0.2, 0.25) is 5.71 Å². The first kappa shape index (κ1) is 18.5. The van der Waals surface area contributed by atoms with E-state index in [0.29, 0.717) is 22.4 Å². The van der Waals surface area contributed by atoms with Crippen LogP contribution in [0.15, 0.2) is 70.0 Å². The number of ether oxygens (including phenoxy) is 1. The van der Waals surface area contributed by atoms with Gasteiger partial charge < -0.3 is 13.7 Å². The van der Waals surface area contributed by atoms with Gasteiger partial charge in [-0.05, 0) is 52.4 Å². The number of rotatable bonds is 3. The van der Waals surface area contributed by atoms with E-state index in [0.717, 1.165) is 20.3 Å². The molecule has 140 valence electrons. The smallest absolute Gasteiger partial charge is 0.337 e. The Morgan fingerprint density at radius 1 is 1.00 bits per heavy atom. The Bertz CT molecular complexity index is 1230. The van der Waals surface area contributed by atoms with Gasteiger partial charge in [0.05, 0.1) is 18.1 Å². The molecule has 4 aromatic rings. The molecule has 6 heteroatoms. The maximum absolute atomic E-state index is 12.7. The van der Waals surface area contributed by atoms with Gasteiger partial charge in [-0.15, -0.1) is 0 Å². The van der Waals surface area contributed by atoms with E-state index >= 15 is 0 Å². The summed E-state index contributed by atoms with van der Waals surface area (Å²) >= 11 is 2.24. The lowest BCUT2D eigenvalue weighted by molar-refractivity contribution is 0.0600. The van der Waals surface area contributed by atoms with Crippen LogP contribution >= 0.6 is 22.6 Å². The minimum absolute atomic E-state index is 0.0946. The number of hydrogen-bond donors (Lipinski definition) is 0. The third kappa shape index (κ3) is 3.13. The van der Waals surface area contributed by atoms with Crippen LogP contribution in [0.4, 0.5) is 0 Å². The Hall–Kier alpha value is -2.87. The highest BCUT2D eigenvalue weighted by Gasteiger charge is 2.21. The molecule has 0 fully saturated rings. The zero-order chi connectivity index (χ0) is 19.8. The van der Waals surface area contributed by atoms with Crippen molar-refractivity contribution < 1.29 is 13.9 Å². The highest BCUT2D eigenvalue weighted by Crippen LogP contribution is 2.39. The fraction of sp³-hybridized carbons (Fsp3) is 0.0909. The molecule has 0 bridgehead atoms. The normalized spacial score (nSPS) is 11.0. The van der Waals surface area contributed by atoms with Gasteiger partial charge in [0.1, 0.15) is 5.76 Å². The zero-order valence-corrected chi connectivity index (χ0v) is 17.4. The minimum atomic E-state index is -0.401. The van der Waals surface area contributed by atoms with Crippen LogP contribution < -0.4 is 5.43 Å². The van der Waals surface area contributed by atoms with Crippen LogP contribution in [-0.4, -0.2) is 17.6 Å². The highest BCUT2D eigenvalue weighted by molar-refractivity contribution is 14.1. The number of furan rings is 1. The number of carbonyl (C=O) groups excluding carboxylic acids is 1. The maximum atomic E-state index is 12.7. The van der Waals surface area contributed by atoms with Gasteiger partial charge in [0, 0.05) is 34.0 Å². The number of esters is 1. The van der Waals surface area contributed by atoms with Crippen molar-refractivity contribution in [3.63, 3.8) is 0 Å². The van der Waals surface area contributed by atoms with Crippen LogP contribution in [0, 0.1) is 3.57 Å². The van der Waals surface area contributed by atoms with Crippen molar-refractivity contribution in [3.8, 4) is 22.5 Å². The summed E-state index contributed by atoms with van der Waals surface area (Å²) in [6, 6.07) is 16.4. The lowest BCUT2D eigenvalue weighted by atomic mass is 9.98. The average Bonchev–Trinajstić information content (AvgIpc) is 3.13. The van der Waals surface area contributed by atoms with E-state index in [-0.39, 0.29) is 5.43 Å². The van der Waals surface area contributed by atoms with Gasteiger partial charge in [0.15, 0.2) is 5.43 Å². The molecule has 5 nitrogen and oxygen atoms in total. The predicted octanol–water partition coefficient (Wildman–Crippen LogP) is 4.86. The molecule has 0 unspecified atom stereocenters. The van der Waals surface area contributed by atoms with E-state index in [4.69, 9.17) is 9.15 Å². The summed E-state index contributed by atoms with van der Waals surface area (Å²) < 4.78 is 13.8. The molecule has 0 saturated heterocycles. The predicted molar refractivity (Wildman–Crippen MR) is 116 cm³/mol. The Labute approximate surface area is 174 Å². The summed E-state index contributed by atoms with van der Waals surface area (Å²) in [5.41, 5.74) is 3.29. The number of hydrogen-bond acceptors (Lipinski definition) is 4. The van der Waals surface area contributed by atoms with Gasteiger partial charge in [0.25, 0.3) is 0 Å². The van der Waals surface area contributed by atoms with Gasteiger partial charge in [-0.3, -0.25) is 4.79 Å². The molecule has 28 heavy (non-hydrogen) atoms. The number of fused-ring (bicyclic) bond motifs is 1. The molecule has 0 spiro atoms. The van der Waals surface area contributed by atoms with Crippen LogP contribution in [0.5, 0.6) is 0 Å². The lowest BCUT2D eigenvalue weighted by Crippen LogP contribution is -2.03. The first-order chi connectivity index (χ1) is 13.5. The molecule has 0 aliphatic carbocycles. The molecule has 0 saturated carbocycles. The second-order valence-electron chi connectivity index (χ2n) is 6.35. The molecule has 0 atom stereocenters. The van der Waals surface area contributed by atoms with Crippen molar-refractivity contribution in [3.05, 3.63) is 80.2 Å². The fourth-order valence-corrected chi connectivity index (χ4v) is 3.56. The quantitative estimate of drug-likeness (QED) is 0.307. The maximum Gasteiger partial charge on any atom is 0.337 e. The molecule has 0 aliphatic heterocycles. The van der Waals surface area contributed by atoms with Crippen LogP contribution in [0.3, 0.4) is 0 Å². The molecule has 0 aliphatic rings. The first-order valence-electron chi connectivity index (χ1n) is 8.56. The van der Waals surface area contributed by atoms with E-state index in [1.165, 1.54) is 13.2 Å². The number of halogens is 1. The number of aryl methyl sites for hydroxylation is 1. The number of pyridine rings is 1. The summed E-state index contributed by atoms with van der Waals surface area (Å²) in [5, 5.41) is 0.540. The summed E-state index contributed by atoms with van der Waals surface area (Å²) in [5.74, 6) is 0.189. The fourth-order valence-electron chi connectivity index (χ4n) is 3.20. The topological polar surface area (TPSA) is 61.4 Å². The Balaban J connectivity index is 2.00. The molecule has 2 heterocycles. The highest BCUT2D eigenvalue weighted by atomic mass is 127. The van der Waals surface area contributed by atoms with Crippen molar-refractivity contribution in [2.24, 2.45) is 7.05 Å². The lowest BCUT2D eigenvalue weighted by Gasteiger charge is -2.05. The molecule has 0 amide bonds. The Kier molecular flexibility index (Phi) is 4.80. The molecule has 2 aromatic carbocycles. The number of nitrogens with zero attached hydrogens (tertiary/aromatic N) is 1. The molecular weight excluding hydrogens is 469 g/mol. The van der Waals surface area contributed by atoms with Crippen molar-refractivity contribution in [1.82, 2.24) is 4.57 Å². The SMILES string of the molecule is COC(=O)c1ccc(-c2oc3c(c2-c2ccc(I)cc2)c(=O)ccn3C)cc1. The van der Waals surface area contributed by atoms with Gasteiger partial charge in [-0.1, -0.05) is 24.3 Å². The van der Waals surface area contributed by atoms with E-state index < -0.39 is 5.97 Å². The largest absolute Gasteiger partial charge is 0.465 e. The minimum Gasteiger partial charge on any atom is -0.465 e. The Morgan fingerprint density at radius 2 is 1.64 bits per heavy atom. The summed E-state index contributed by atoms with van der Waals surface area (Å²) in [4.78, 5) is 24.4. The van der Waals surface area contributed by atoms with Gasteiger partial charge >= 0.3 is 5.97 Å². The van der Waals surface area contributed by atoms with E-state index in [1.807, 2.05) is 31.3 Å². The standard InChI is InChI=1S/C22H16INO4/c1-24-12-11-17(25)19-18(13-7-9-16(23)10-8-13)20(28-21(19)24)14-3-5-15(6-4-14)22(26)27-2/h3-12H,1-2H3. The second-order valence-corrected chi connectivity index (χ2v) is 7.60. The molecule has 0 radical (unpaired) electrons. The third-order valence-corrected chi connectivity index (χ3v) is 5.33. The van der Waals surface area contributed by atoms with Crippen LogP contribution in [0.1, 0.15) is 10.4 Å². The summed E-state index contributed by atoms with van der Waals surface area (Å²) in [6.45, 7) is 0. The van der Waals surface area contributed by atoms with E-state index in [1.54, 1.807) is 35.0 Å². The van der Waals surface area contributed by atoms with E-state index in [2.05, 4.69) is 22.6 Å². The van der Waals surface area contributed by atoms with Crippen molar-refractivity contribution in [1.29, 1.82) is 0 Å². The first-order valence-corrected chi connectivity index (χ1v) is 9.64. The third-order valence-electron chi connectivity index (χ3n) is 4.61. The Morgan fingerprint density at radius 3 is 2.29 bits per heavy atom. The number of carbonyl (C=O) groups is 1. The van der Waals surface area contributed by atoms with Crippen molar-refractivity contribution in [2.75, 3.05) is 7.11 Å². The van der Waals surface area contributed by atoms with Crippen LogP contribution in [0.2, 0.25) is 0 Å². The summed E-state index contributed by atoms with van der Waals surface area (Å²) in [7, 11) is 3.19. The van der Waals surface area contributed by atoms with Gasteiger partial charge in [-0.25, -0.2) is 4.79 Å². The van der Waals surface area contributed by atoms with Crippen molar-refractivity contribution in [2.45, 2.75) is 0 Å². The molecule has 0 N–H and O–H groups in total. The number of aromatic nitrogens is 1. The van der Waals surface area contributed by atoms with Crippen molar-refractivity contribution >= 4 is 39.7 Å². The van der Waals surface area contributed by atoms with Gasteiger partial charge in [-0.2, -0.15) is 0 Å². The molecule has 4 rings (SSSR count). The van der Waals surface area contributed by atoms with Crippen LogP contribution in [-0.2, 0) is 11.8 Å². The number of benzene rings is 2. The zero-order valence-electron chi connectivity index (χ0n) is 15.2. The molecule has 2 aromatic heterocycles. The second kappa shape index (κ2) is 7.27. The number of methoxy groups -OCH3 is 1. The van der Waals surface area contributed by atoms with Crippen LogP contribution in [0.25, 0.3) is 33.6 Å². The van der Waals surface area contributed by atoms with E-state index in [9.17, 15) is 9.59 Å². The molecular formula is C22H16INO4. The monoisotopic (exact) mass is 485 g/mol.